The van der Waals surface area contributed by atoms with E-state index in [-0.39, 0.29) is 122 Å². The molecule has 0 saturated carbocycles. The van der Waals surface area contributed by atoms with Gasteiger partial charge in [-0.15, -0.1) is 0 Å². The number of halogens is 49. The van der Waals surface area contributed by atoms with Gasteiger partial charge in [0.1, 0.15) is 73.0 Å². The summed E-state index contributed by atoms with van der Waals surface area (Å²) in [6, 6.07) is 0. The number of nitrogens with zero attached hydrogens (tertiary/aromatic N) is 14. The Bertz CT molecular complexity index is 5310. The van der Waals surface area contributed by atoms with E-state index < -0.39 is 286 Å². The molecule has 35 nitrogen and oxygen atoms in total. The molecule has 12 N–H and O–H groups in total. The van der Waals surface area contributed by atoms with E-state index in [9.17, 15) is 24.2 Å². The van der Waals surface area contributed by atoms with Crippen molar-refractivity contribution in [2.24, 2.45) is 5.92 Å². The summed E-state index contributed by atoms with van der Waals surface area (Å²) in [5, 5.41) is 11.2. The van der Waals surface area contributed by atoms with Gasteiger partial charge in [0.05, 0.1) is 45.2 Å². The number of nitrogens with one attached hydrogen (secondary N) is 2. The number of fused-ring (bicyclic) bond motifs is 12. The second kappa shape index (κ2) is 71.5. The van der Waals surface area contributed by atoms with E-state index in [1.807, 2.05) is 6.92 Å². The fraction of sp³-hybridized carbons (Fsp3) is 0.474. The van der Waals surface area contributed by atoms with Gasteiger partial charge in [-0.25, -0.2) is 44.4 Å². The van der Waals surface area contributed by atoms with Gasteiger partial charge in [0, 0.05) is 19.0 Å². The average Bonchev–Trinajstić information content (AvgIpc) is 1.69. The molecular weight excluding hydrogens is 7510 g/mol. The molecule has 792 valence electrons. The van der Waals surface area contributed by atoms with Crippen molar-refractivity contribution in [1.82, 2.24) is 78.1 Å². The second-order valence-electron chi connectivity index (χ2n) is 21.9. The summed E-state index contributed by atoms with van der Waals surface area (Å²) in [6.45, 7) is -7.11. The minimum atomic E-state index is -4.23. The number of aliphatic hydroxyl groups excluding tert-OH is 1. The first kappa shape index (κ1) is 145. The van der Waals surface area contributed by atoms with E-state index in [4.69, 9.17) is 105 Å². The molecular formula is C38H51I49N20O15P4S6. The molecule has 132 heavy (non-hydrogen) atoms. The van der Waals surface area contributed by atoms with Gasteiger partial charge < -0.3 is 78.7 Å². The molecule has 0 amide bonds. The minimum absolute atomic E-state index is 0. The molecule has 4 bridgehead atoms. The summed E-state index contributed by atoms with van der Waals surface area (Å²) in [6.07, 6.45) is -1.81. The number of aliphatic hydroxyl groups is 1. The van der Waals surface area contributed by atoms with Crippen LogP contribution in [0.3, 0.4) is 0 Å². The SMILES string of the molecule is C.C[C@H]1[C@H]2OP(O)(=S)OCc3nc4c(=O)[nH]c(N)nc4n3CCOP(=S)(S)OC[C@H]1O[C@H]2n1cnc2c(N)ncnc21.Nc1nc2c(nc3n2CCOP(=S)(S)OC[C@H]2O[C@@H](n4cnc5c(N)ncnc54)[C@H](OP(=O)(S)OC3)[C@@H]2O)c(=O)[nH]1.[2H]I(I)I(I)I(I)I(I)I(I)I(I)I(I)I(I)I(I)I(I)I(I)I(I)I(I)I(I)I(I)I(I)I(I)I(I)I(I)I(I)I(I)I(I)I(I)I(I)I. The maximum absolute atomic E-state index is 13.5. The molecule has 0 spiro atoms. The fourth-order valence-electron chi connectivity index (χ4n) is 9.77. The number of hydrogen-bond donors (Lipinski definition) is 11. The van der Waals surface area contributed by atoms with Gasteiger partial charge >= 0.3 is 674 Å². The average molecular weight is 7560 g/mol. The van der Waals surface area contributed by atoms with Crippen molar-refractivity contribution in [2.45, 2.75) is 83.6 Å². The molecule has 8 aromatic rings. The summed E-state index contributed by atoms with van der Waals surface area (Å²) in [5.74, 6) is 0.0407. The molecule has 4 unspecified atom stereocenters. The van der Waals surface area contributed by atoms with E-state index in [1.54, 1.807) is 9.13 Å². The topological polar surface area (TPSA) is 468 Å². The summed E-state index contributed by atoms with van der Waals surface area (Å²) in [5.41, 5.74) is 17.6. The van der Waals surface area contributed by atoms with Crippen LogP contribution in [0.15, 0.2) is 34.9 Å². The first-order valence-electron chi connectivity index (χ1n) is 31.0. The van der Waals surface area contributed by atoms with Gasteiger partial charge in [0.25, 0.3) is 11.1 Å². The molecule has 12 rings (SSSR count). The number of thiol groups is 3. The van der Waals surface area contributed by atoms with Crippen LogP contribution in [0, 0.1) is 5.92 Å². The third kappa shape index (κ3) is 42.9. The van der Waals surface area contributed by atoms with E-state index in [0.717, 1.165) is 0 Å². The molecule has 8 aromatic heterocycles. The molecule has 12 heterocycles. The van der Waals surface area contributed by atoms with Crippen LogP contribution in [-0.4, -0.2) is 146 Å². The van der Waals surface area contributed by atoms with Crippen LogP contribution in [0.25, 0.3) is 44.7 Å². The Balaban J connectivity index is 0.000000224. The van der Waals surface area contributed by atoms with Crippen molar-refractivity contribution < 1.29 is 60.2 Å². The number of nitrogen functional groups attached to an aromatic ring is 4. The van der Waals surface area contributed by atoms with Crippen molar-refractivity contribution in [3.05, 3.63) is 57.7 Å². The molecule has 2 saturated heterocycles. The van der Waals surface area contributed by atoms with Gasteiger partial charge in [0.2, 0.25) is 23.3 Å². The van der Waals surface area contributed by atoms with E-state index in [0.29, 0.717) is 11.2 Å². The quantitative estimate of drug-likeness (QED) is 0.0144. The predicted molar refractivity (Wildman–Crippen MR) is 1010 cm³/mol. The zero-order valence-corrected chi connectivity index (χ0v) is 175. The van der Waals surface area contributed by atoms with Crippen LogP contribution in [0.5, 0.6) is 0 Å². The van der Waals surface area contributed by atoms with E-state index >= 15 is 0 Å². The van der Waals surface area contributed by atoms with Crippen LogP contribution < -0.4 is 34.1 Å². The normalized spacial score (nSPS) is 26.8. The Morgan fingerprint density at radius 1 is 0.477 bits per heavy atom. The molecule has 2 fully saturated rings. The molecule has 94 heteroatoms. The zero-order chi connectivity index (χ0) is 98.1. The summed E-state index contributed by atoms with van der Waals surface area (Å²) in [4.78, 5) is 82.7. The molecule has 0 radical (unpaired) electrons. The number of imidazole rings is 4. The van der Waals surface area contributed by atoms with Crippen molar-refractivity contribution >= 4 is 825 Å². The zero-order valence-electron chi connectivity index (χ0n) is 61.2. The van der Waals surface area contributed by atoms with Crippen molar-refractivity contribution in [3.8, 4) is 0 Å². The van der Waals surface area contributed by atoms with Gasteiger partial charge in [-0.3, -0.25) is 37.7 Å². The van der Waals surface area contributed by atoms with Gasteiger partial charge in [-0.1, -0.05) is 51.1 Å². The third-order valence-corrected chi connectivity index (χ3v) is 3740. The molecule has 0 aliphatic carbocycles. The Labute approximate surface area is 1120 Å². The first-order chi connectivity index (χ1) is 61.5. The number of aromatic amines is 2. The molecule has 0 aromatic carbocycles. The molecule has 4 aliphatic heterocycles. The van der Waals surface area contributed by atoms with Crippen LogP contribution in [-0.2, 0) is 112 Å². The Morgan fingerprint density at radius 2 is 0.818 bits per heavy atom. The number of hydrogen-bond acceptors (Lipinski definition) is 31. The van der Waals surface area contributed by atoms with Gasteiger partial charge in [-0.05, 0) is 35.4 Å². The molecule has 4 aliphatic rings. The Kier molecular flexibility index (Phi) is 78.6. The van der Waals surface area contributed by atoms with Crippen molar-refractivity contribution in [1.29, 1.82) is 0.594 Å². The molecule has 12 atom stereocenters. The van der Waals surface area contributed by atoms with Gasteiger partial charge in [-0.2, -0.15) is 9.97 Å². The van der Waals surface area contributed by atoms with E-state index in [2.05, 4.69) is 562 Å². The third-order valence-electron chi connectivity index (χ3n) is 14.7. The Morgan fingerprint density at radius 3 is 1.19 bits per heavy atom. The fourth-order valence-corrected chi connectivity index (χ4v) is 9030. The number of ether oxygens (including phenoxy) is 2. The van der Waals surface area contributed by atoms with Crippen molar-refractivity contribution in [2.75, 3.05) is 49.4 Å². The number of rotatable bonds is 25. The van der Waals surface area contributed by atoms with Crippen LogP contribution >= 0.6 is 722 Å². The van der Waals surface area contributed by atoms with Crippen LogP contribution in [0.2, 0.25) is 0 Å². The van der Waals surface area contributed by atoms with Crippen LogP contribution in [0.1, 0.15) is 38.5 Å². The van der Waals surface area contributed by atoms with E-state index in [1.165, 1.54) is 34.4 Å². The number of H-pyrrole nitrogens is 2. The maximum atomic E-state index is 13.5. The Hall–Kier alpha value is 31.5. The summed E-state index contributed by atoms with van der Waals surface area (Å²) in [7, 11) is -13.3. The van der Waals surface area contributed by atoms with Gasteiger partial charge in [0.15, 0.2) is 57.7 Å². The standard InChI is InChI=1S/C19H24N10O7P2S3.C18H22N10O8P2S3.CH4.HI49/c1-8-9-4-34-38(40,41)32-3-2-28-10(25-12-16(28)26-19(21)27-17(12)30)5-33-37(31,39)36-13(8)18(35-9)29-7-24-11-14(20)22-6-23-15(11)29;19-13-9-14(22-5-21-13)28(6-23-9)17-12-11(29)7(35-17)3-34-38(40,41)32-2-1-27-8(4-33-37(31,39)36-12)24-10-15(27)25-18(20)26-16(10)30;;1-26-28(4)30(6)32(8)34(10)36(12)38(14)40(16)42(18)44(20)46(22)48(24)49(25)47(23)45(21)43(19)41(17)39(15)37(13)35(11)33(9)31(7)29(5)27(2)3/h6-9,13,18H,2-5H2,1H3,(H,31,39)(H,40,41)(H2,20,22,23)(H3,21,26,27,30);5-7,11-12,17,29H,1-4H2,(H,31,39)(H,40,41)(H2,19,21,22)(H3,20,25,26,30);1H4;26H/t8-,9-,13-,18-,37?;7-,11-,12-,17-,37?;;/m11../s1/i;;;26D. The second-order valence-corrected chi connectivity index (χ2v) is 1180. The number of nitrogens with two attached hydrogens (primary N) is 4. The monoisotopic (exact) mass is 7560 g/mol. The predicted octanol–water partition coefficient (Wildman–Crippen LogP) is 45.3. The summed E-state index contributed by atoms with van der Waals surface area (Å²) < 4.78 is 86.9. The number of aromatic nitrogens is 16. The van der Waals surface area contributed by atoms with Crippen molar-refractivity contribution in [3.63, 3.8) is 0 Å². The van der Waals surface area contributed by atoms with Crippen LogP contribution in [0.4, 0.5) is 23.5 Å². The summed E-state index contributed by atoms with van der Waals surface area (Å²) >= 11 is 109. The number of anilines is 4. The first-order valence-corrected chi connectivity index (χ1v) is 345.